The van der Waals surface area contributed by atoms with Gasteiger partial charge in [0.25, 0.3) is 23.6 Å². The lowest BCUT2D eigenvalue weighted by Crippen LogP contribution is -2.56. The molecule has 4 aliphatic rings. The van der Waals surface area contributed by atoms with E-state index in [0.29, 0.717) is 102 Å². The van der Waals surface area contributed by atoms with Gasteiger partial charge in [-0.25, -0.2) is 9.59 Å². The smallest absolute Gasteiger partial charge is 0.497 e. The van der Waals surface area contributed by atoms with Crippen LogP contribution in [0.4, 0.5) is 32.3 Å². The average molecular weight is 1530 g/mol. The van der Waals surface area contributed by atoms with Crippen LogP contribution in [-0.2, 0) is 31.7 Å². The highest BCUT2D eigenvalue weighted by atomic mass is 16.7. The Kier molecular flexibility index (Phi) is 20.6. The largest absolute Gasteiger partial charge is 0.519 e. The number of amides is 4. The normalized spacial score (nSPS) is 15.5. The number of hydrogen-bond acceptors (Lipinski definition) is 16. The van der Waals surface area contributed by atoms with Crippen molar-refractivity contribution in [2.75, 3.05) is 33.8 Å². The minimum Gasteiger partial charge on any atom is -0.497 e. The number of ether oxygens (including phenoxy) is 8. The zero-order chi connectivity index (χ0) is 80.1. The highest BCUT2D eigenvalue weighted by Crippen LogP contribution is 2.58. The molecule has 2 atom stereocenters. The van der Waals surface area contributed by atoms with Crippen molar-refractivity contribution in [3.05, 3.63) is 357 Å². The van der Waals surface area contributed by atoms with Crippen LogP contribution in [0.1, 0.15) is 146 Å². The maximum atomic E-state index is 14.5. The van der Waals surface area contributed by atoms with Crippen molar-refractivity contribution in [3.63, 3.8) is 0 Å². The predicted octanol–water partition coefficient (Wildman–Crippen LogP) is 19.3. The number of rotatable bonds is 16. The van der Waals surface area contributed by atoms with Crippen LogP contribution in [0, 0.1) is 13.8 Å². The van der Waals surface area contributed by atoms with Crippen LogP contribution in [0.3, 0.4) is 0 Å². The molecule has 20 nitrogen and oxygen atoms in total. The maximum Gasteiger partial charge on any atom is 0.519 e. The Balaban J connectivity index is 0.000000188. The van der Waals surface area contributed by atoms with Gasteiger partial charge in [0.15, 0.2) is 11.3 Å². The predicted molar refractivity (Wildman–Crippen MR) is 436 cm³/mol. The third-order valence-electron chi connectivity index (χ3n) is 21.3. The Morgan fingerprint density at radius 1 is 0.296 bits per heavy atom. The number of nitrogens with zero attached hydrogens (tertiary/aromatic N) is 4. The number of aryl methyl sites for hydroxylation is 2. The molecule has 12 aromatic carbocycles. The van der Waals surface area contributed by atoms with E-state index in [4.69, 9.17) is 37.9 Å². The standard InChI is InChI=1S/C48H40N2O8.C46H36N2O8.CH4/c1-29-27-32(15-25-42(29)56-31(3)51)47(4,5)33-16-26-43(30(2)28-33)58-46(54)57-37-23-19-35(20-24-37)50-45(53)39-12-8-10-14-41(39)48(50)40-13-9-7-11-38(40)44(52)49(48)34-17-21-36(55-6)22-18-34;1-29(49)54-35-21-13-30(14-22-35)45(2,3)31-15-23-36(24-16-31)55-44(52)56-37-27-19-33(20-28-37)48-43(51)39-10-6-8-12-41(39)46(48)40-11-7-5-9-38(40)42(50)47(46)32-17-25-34(53-4)26-18-32;/h7-28H,1-6H3;5-28H,1-4H3;1H4. The molecule has 0 aromatic heterocycles. The quantitative estimate of drug-likeness (QED) is 0.0498. The molecule has 576 valence electrons. The van der Waals surface area contributed by atoms with Gasteiger partial charge in [-0.15, -0.1) is 0 Å². The molecule has 4 amide bonds. The van der Waals surface area contributed by atoms with Crippen molar-refractivity contribution >= 4 is 70.6 Å². The average Bonchev–Trinajstić information content (AvgIpc) is 1.52. The second kappa shape index (κ2) is 30.7. The summed E-state index contributed by atoms with van der Waals surface area (Å²) >= 11 is 0. The molecule has 12 aromatic rings. The zero-order valence-corrected chi connectivity index (χ0v) is 63.9. The summed E-state index contributed by atoms with van der Waals surface area (Å²) in [5.74, 6) is 1.44. The van der Waals surface area contributed by atoms with E-state index in [9.17, 15) is 38.4 Å². The van der Waals surface area contributed by atoms with Gasteiger partial charge in [0.1, 0.15) is 46.0 Å². The first-order chi connectivity index (χ1) is 54.9. The van der Waals surface area contributed by atoms with Crippen molar-refractivity contribution in [2.45, 2.75) is 85.0 Å². The Morgan fingerprint density at radius 2 is 0.539 bits per heavy atom. The minimum atomic E-state index is -1.36. The van der Waals surface area contributed by atoms with E-state index in [2.05, 4.69) is 27.7 Å². The molecule has 115 heavy (non-hydrogen) atoms. The molecular weight excluding hydrogens is 1450 g/mol. The van der Waals surface area contributed by atoms with Gasteiger partial charge >= 0.3 is 24.2 Å². The molecule has 0 fully saturated rings. The van der Waals surface area contributed by atoms with Crippen LogP contribution in [0.5, 0.6) is 46.0 Å². The van der Waals surface area contributed by atoms with Crippen LogP contribution < -0.4 is 57.5 Å². The molecular formula is C95H80N4O16. The summed E-state index contributed by atoms with van der Waals surface area (Å²) in [6.07, 6.45) is -1.87. The molecule has 0 saturated carbocycles. The lowest BCUT2D eigenvalue weighted by Gasteiger charge is -2.43. The van der Waals surface area contributed by atoms with Gasteiger partial charge in [-0.3, -0.25) is 48.4 Å². The SMILES string of the molecule is C.COc1ccc(N2C(=O)c3ccccc3C23c2ccccc2C(=O)N3c2ccc(OC(=O)Oc3ccc(C(C)(C)c4ccc(OC(C)=O)c(C)c4)cc3C)cc2)cc1.COc1ccc(N2C(=O)c3ccccc3C23c2ccccc2C(=O)N3c2ccc(OC(=O)Oc3ccc(C(C)(C)c4ccc(OC(C)=O)cc4)cc3)cc2)cc1. The van der Waals surface area contributed by atoms with E-state index in [-0.39, 0.29) is 54.5 Å². The van der Waals surface area contributed by atoms with E-state index in [0.717, 1.165) is 33.4 Å². The number of fused-ring (bicyclic) bond motifs is 8. The second-order valence-electron chi connectivity index (χ2n) is 28.8. The number of hydrogen-bond donors (Lipinski definition) is 0. The molecule has 2 spiro atoms. The molecule has 20 heteroatoms. The monoisotopic (exact) mass is 1530 g/mol. The lowest BCUT2D eigenvalue weighted by molar-refractivity contribution is -0.132. The number of carbonyl (C=O) groups is 8. The molecule has 0 N–H and O–H groups in total. The van der Waals surface area contributed by atoms with Gasteiger partial charge in [0.05, 0.1) is 14.2 Å². The molecule has 4 heterocycles. The topological polar surface area (TPSA) is 223 Å². The summed E-state index contributed by atoms with van der Waals surface area (Å²) in [4.78, 5) is 113. The Morgan fingerprint density at radius 3 is 0.826 bits per heavy atom. The van der Waals surface area contributed by atoms with E-state index >= 15 is 0 Å². The van der Waals surface area contributed by atoms with E-state index in [1.54, 1.807) is 204 Å². The number of anilines is 4. The second-order valence-corrected chi connectivity index (χ2v) is 28.8. The van der Waals surface area contributed by atoms with Crippen LogP contribution in [0.15, 0.2) is 279 Å². The summed E-state index contributed by atoms with van der Waals surface area (Å²) < 4.78 is 43.6. The first-order valence-corrected chi connectivity index (χ1v) is 36.7. The van der Waals surface area contributed by atoms with Crippen LogP contribution in [0.2, 0.25) is 0 Å². The number of methoxy groups -OCH3 is 2. The van der Waals surface area contributed by atoms with Gasteiger partial charge in [0, 0.05) is 91.9 Å². The van der Waals surface area contributed by atoms with Crippen molar-refractivity contribution in [1.82, 2.24) is 0 Å². The summed E-state index contributed by atoms with van der Waals surface area (Å²) in [6, 6.07) is 82.5. The molecule has 0 radical (unpaired) electrons. The van der Waals surface area contributed by atoms with Crippen molar-refractivity contribution < 1.29 is 76.3 Å². The van der Waals surface area contributed by atoms with Gasteiger partial charge < -0.3 is 37.9 Å². The fourth-order valence-electron chi connectivity index (χ4n) is 15.7. The Hall–Kier alpha value is -14.4. The summed E-state index contributed by atoms with van der Waals surface area (Å²) in [5.41, 5.74) is 8.71. The minimum absolute atomic E-state index is 0. The van der Waals surface area contributed by atoms with Gasteiger partial charge in [-0.05, 0) is 205 Å². The number of benzene rings is 12. The highest BCUT2D eigenvalue weighted by Gasteiger charge is 2.64. The van der Waals surface area contributed by atoms with E-state index in [1.807, 2.05) is 123 Å². The molecule has 16 rings (SSSR count). The molecule has 2 unspecified atom stereocenters. The first kappa shape index (κ1) is 77.3. The van der Waals surface area contributed by atoms with E-state index < -0.39 is 34.5 Å². The first-order valence-electron chi connectivity index (χ1n) is 36.7. The van der Waals surface area contributed by atoms with Gasteiger partial charge in [-0.1, -0.05) is 156 Å². The fraction of sp³-hybridized carbons (Fsp3) is 0.158. The molecule has 0 bridgehead atoms. The lowest BCUT2D eigenvalue weighted by atomic mass is 9.77. The van der Waals surface area contributed by atoms with Crippen LogP contribution >= 0.6 is 0 Å². The van der Waals surface area contributed by atoms with Crippen molar-refractivity contribution in [3.8, 4) is 46.0 Å². The number of esters is 2. The fourth-order valence-corrected chi connectivity index (χ4v) is 15.7. The summed E-state index contributed by atoms with van der Waals surface area (Å²) in [5, 5.41) is 0. The number of carbonyl (C=O) groups excluding carboxylic acids is 8. The molecule has 0 aliphatic carbocycles. The molecule has 0 saturated heterocycles. The van der Waals surface area contributed by atoms with Crippen LogP contribution in [-0.4, -0.2) is 62.1 Å². The van der Waals surface area contributed by atoms with Crippen molar-refractivity contribution in [2.24, 2.45) is 0 Å². The molecule has 4 aliphatic heterocycles. The third-order valence-corrected chi connectivity index (χ3v) is 21.3. The van der Waals surface area contributed by atoms with Gasteiger partial charge in [0.2, 0.25) is 0 Å². The van der Waals surface area contributed by atoms with Gasteiger partial charge in [-0.2, -0.15) is 0 Å². The highest BCUT2D eigenvalue weighted by molar-refractivity contribution is 6.23. The van der Waals surface area contributed by atoms with Crippen LogP contribution in [0.25, 0.3) is 0 Å². The maximum absolute atomic E-state index is 14.5. The third kappa shape index (κ3) is 13.7. The summed E-state index contributed by atoms with van der Waals surface area (Å²) in [7, 11) is 3.15. The van der Waals surface area contributed by atoms with E-state index in [1.165, 1.54) is 13.8 Å². The zero-order valence-electron chi connectivity index (χ0n) is 63.9. The summed E-state index contributed by atoms with van der Waals surface area (Å²) in [6.45, 7) is 14.8. The van der Waals surface area contributed by atoms with Crippen molar-refractivity contribution in [1.29, 1.82) is 0 Å². The Bertz CT molecular complexity index is 5820. The Labute approximate surface area is 665 Å².